The fourth-order valence-electron chi connectivity index (χ4n) is 3.48. The second kappa shape index (κ2) is 9.99. The molecule has 0 fully saturated rings. The minimum absolute atomic E-state index is 0.122. The van der Waals surface area contributed by atoms with E-state index >= 15 is 0 Å². The lowest BCUT2D eigenvalue weighted by Gasteiger charge is -2.13. The van der Waals surface area contributed by atoms with E-state index in [2.05, 4.69) is 26.6 Å². The van der Waals surface area contributed by atoms with Crippen molar-refractivity contribution in [2.75, 3.05) is 12.4 Å². The van der Waals surface area contributed by atoms with Crippen LogP contribution < -0.4 is 15.4 Å². The maximum absolute atomic E-state index is 12.7. The smallest absolute Gasteiger partial charge is 0.293 e. The predicted molar refractivity (Wildman–Crippen MR) is 147 cm³/mol. The first-order chi connectivity index (χ1) is 17.0. The summed E-state index contributed by atoms with van der Waals surface area (Å²) in [5, 5.41) is 6.72. The van der Waals surface area contributed by atoms with Crippen molar-refractivity contribution in [3.63, 3.8) is 0 Å². The third kappa shape index (κ3) is 5.12. The molecule has 0 saturated heterocycles. The zero-order valence-corrected chi connectivity index (χ0v) is 21.6. The van der Waals surface area contributed by atoms with Crippen LogP contribution in [0.3, 0.4) is 0 Å². The summed E-state index contributed by atoms with van der Waals surface area (Å²) < 4.78 is 13.3. The van der Waals surface area contributed by atoms with E-state index in [1.54, 1.807) is 30.6 Å². The van der Waals surface area contributed by atoms with Gasteiger partial charge < -0.3 is 14.5 Å². The highest BCUT2D eigenvalue weighted by atomic mass is 79.9. The lowest BCUT2D eigenvalue weighted by atomic mass is 10.2. The molecule has 1 amide bonds. The number of carbonyl (C=O) groups is 1. The van der Waals surface area contributed by atoms with Gasteiger partial charge in [0, 0.05) is 15.6 Å². The van der Waals surface area contributed by atoms with Gasteiger partial charge in [-0.25, -0.2) is 4.98 Å². The number of furan rings is 1. The van der Waals surface area contributed by atoms with Crippen LogP contribution in [0.25, 0.3) is 32.1 Å². The first kappa shape index (κ1) is 23.2. The third-order valence-electron chi connectivity index (χ3n) is 5.17. The number of rotatable bonds is 5. The van der Waals surface area contributed by atoms with Crippen molar-refractivity contribution in [2.45, 2.75) is 0 Å². The molecule has 35 heavy (non-hydrogen) atoms. The highest BCUT2D eigenvalue weighted by molar-refractivity contribution is 9.10. The molecule has 2 heterocycles. The number of carbonyl (C=O) groups excluding carboxylic acids is 1. The van der Waals surface area contributed by atoms with Gasteiger partial charge in [0.05, 0.1) is 23.0 Å². The Balaban J connectivity index is 1.31. The van der Waals surface area contributed by atoms with Crippen molar-refractivity contribution in [1.29, 1.82) is 0 Å². The van der Waals surface area contributed by atoms with E-state index < -0.39 is 5.91 Å². The van der Waals surface area contributed by atoms with Crippen LogP contribution in [-0.2, 0) is 0 Å². The number of aromatic nitrogens is 1. The Kier molecular flexibility index (Phi) is 6.63. The van der Waals surface area contributed by atoms with Crippen molar-refractivity contribution in [2.24, 2.45) is 0 Å². The third-order valence-corrected chi connectivity index (χ3v) is 6.99. The van der Waals surface area contributed by atoms with Gasteiger partial charge in [0.2, 0.25) is 0 Å². The monoisotopic (exact) mass is 563 g/mol. The Labute approximate surface area is 219 Å². The summed E-state index contributed by atoms with van der Waals surface area (Å²) in [5.41, 5.74) is 3.34. The molecular formula is C26H18BrN3O3S2. The van der Waals surface area contributed by atoms with E-state index in [-0.39, 0.29) is 10.9 Å². The number of anilines is 1. The molecular weight excluding hydrogens is 546 g/mol. The zero-order valence-electron chi connectivity index (χ0n) is 18.4. The number of thiazole rings is 1. The average Bonchev–Trinajstić information content (AvgIpc) is 3.52. The molecule has 0 spiro atoms. The molecule has 0 bridgehead atoms. The van der Waals surface area contributed by atoms with Crippen LogP contribution in [0.1, 0.15) is 10.6 Å². The number of fused-ring (bicyclic) bond motifs is 1. The lowest BCUT2D eigenvalue weighted by molar-refractivity contribution is 0.0951. The number of methoxy groups -OCH3 is 1. The molecule has 5 rings (SSSR count). The minimum Gasteiger partial charge on any atom is -0.495 e. The highest BCUT2D eigenvalue weighted by Gasteiger charge is 2.16. The Bertz CT molecular complexity index is 1510. The van der Waals surface area contributed by atoms with Gasteiger partial charge in [-0.3, -0.25) is 10.1 Å². The van der Waals surface area contributed by atoms with Crippen LogP contribution in [0.2, 0.25) is 0 Å². The second-order valence-corrected chi connectivity index (χ2v) is 9.84. The topological polar surface area (TPSA) is 76.4 Å². The molecule has 0 radical (unpaired) electrons. The van der Waals surface area contributed by atoms with Crippen LogP contribution in [0.4, 0.5) is 5.69 Å². The maximum atomic E-state index is 12.7. The molecule has 174 valence electrons. The van der Waals surface area contributed by atoms with Gasteiger partial charge in [0.15, 0.2) is 10.9 Å². The fraction of sp³-hybridized carbons (Fsp3) is 0.0385. The summed E-state index contributed by atoms with van der Waals surface area (Å²) in [6.45, 7) is 0. The van der Waals surface area contributed by atoms with E-state index in [0.717, 1.165) is 30.8 Å². The zero-order chi connectivity index (χ0) is 24.4. The molecule has 2 N–H and O–H groups in total. The van der Waals surface area contributed by atoms with E-state index in [4.69, 9.17) is 26.4 Å². The van der Waals surface area contributed by atoms with Gasteiger partial charge in [0.1, 0.15) is 16.5 Å². The Hall–Kier alpha value is -3.53. The van der Waals surface area contributed by atoms with E-state index in [9.17, 15) is 4.79 Å². The number of ether oxygens (including phenoxy) is 1. The first-order valence-corrected chi connectivity index (χ1v) is 12.5. The largest absolute Gasteiger partial charge is 0.495 e. The molecule has 0 aliphatic carbocycles. The van der Waals surface area contributed by atoms with Crippen LogP contribution in [0.5, 0.6) is 5.75 Å². The SMILES string of the molecule is COc1ccc(-c2nc3ccccc3s2)cc1NC(=S)NC(=O)c1ccc(-c2ccc(Br)cc2)o1. The standard InChI is InChI=1S/C26H18BrN3O3S2/c1-32-21-11-8-16(25-28-18-4-2-3-5-23(18)35-25)14-19(21)29-26(34)30-24(31)22-13-12-20(33-22)15-6-9-17(27)10-7-15/h2-14H,1H3,(H2,29,30,31,34). The number of halogens is 1. The molecule has 0 unspecified atom stereocenters. The van der Waals surface area contributed by atoms with E-state index in [0.29, 0.717) is 17.2 Å². The molecule has 0 saturated carbocycles. The lowest BCUT2D eigenvalue weighted by Crippen LogP contribution is -2.34. The van der Waals surface area contributed by atoms with Gasteiger partial charge >= 0.3 is 0 Å². The Morgan fingerprint density at radius 1 is 1.03 bits per heavy atom. The van der Waals surface area contributed by atoms with Crippen LogP contribution in [-0.4, -0.2) is 23.1 Å². The summed E-state index contributed by atoms with van der Waals surface area (Å²) in [6, 6.07) is 24.7. The van der Waals surface area contributed by atoms with Gasteiger partial charge in [-0.2, -0.15) is 0 Å². The average molecular weight is 564 g/mol. The molecule has 2 aromatic heterocycles. The molecule has 0 aliphatic rings. The summed E-state index contributed by atoms with van der Waals surface area (Å²) in [6.07, 6.45) is 0. The number of benzene rings is 3. The molecule has 3 aromatic carbocycles. The van der Waals surface area contributed by atoms with Crippen LogP contribution in [0.15, 0.2) is 87.8 Å². The maximum Gasteiger partial charge on any atom is 0.293 e. The van der Waals surface area contributed by atoms with Crippen molar-refractivity contribution < 1.29 is 13.9 Å². The van der Waals surface area contributed by atoms with Crippen LogP contribution >= 0.6 is 39.5 Å². The first-order valence-electron chi connectivity index (χ1n) is 10.5. The summed E-state index contributed by atoms with van der Waals surface area (Å²) in [7, 11) is 1.58. The number of nitrogens with zero attached hydrogens (tertiary/aromatic N) is 1. The van der Waals surface area contributed by atoms with Crippen molar-refractivity contribution >= 4 is 66.4 Å². The summed E-state index contributed by atoms with van der Waals surface area (Å²) >= 11 is 10.4. The van der Waals surface area contributed by atoms with E-state index in [1.165, 1.54) is 0 Å². The second-order valence-electron chi connectivity index (χ2n) is 7.48. The molecule has 9 heteroatoms. The number of para-hydroxylation sites is 1. The van der Waals surface area contributed by atoms with Crippen molar-refractivity contribution in [1.82, 2.24) is 10.3 Å². The van der Waals surface area contributed by atoms with Gasteiger partial charge in [-0.15, -0.1) is 11.3 Å². The molecule has 0 atom stereocenters. The van der Waals surface area contributed by atoms with Gasteiger partial charge in [-0.05, 0) is 66.8 Å². The summed E-state index contributed by atoms with van der Waals surface area (Å²) in [4.78, 5) is 17.4. The number of thiocarbonyl (C=S) groups is 1. The normalized spacial score (nSPS) is 10.8. The molecule has 0 aliphatic heterocycles. The fourth-order valence-corrected chi connectivity index (χ4v) is 4.91. The highest BCUT2D eigenvalue weighted by Crippen LogP contribution is 2.35. The summed E-state index contributed by atoms with van der Waals surface area (Å²) in [5.74, 6) is 0.878. The van der Waals surface area contributed by atoms with Crippen LogP contribution in [0, 0.1) is 0 Å². The van der Waals surface area contributed by atoms with Crippen molar-refractivity contribution in [3.05, 3.63) is 89.1 Å². The number of amides is 1. The van der Waals surface area contributed by atoms with Crippen molar-refractivity contribution in [3.8, 4) is 27.6 Å². The molecule has 6 nitrogen and oxygen atoms in total. The van der Waals surface area contributed by atoms with Gasteiger partial charge in [-0.1, -0.05) is 40.2 Å². The number of hydrogen-bond donors (Lipinski definition) is 2. The number of hydrogen-bond acceptors (Lipinski definition) is 6. The predicted octanol–water partition coefficient (Wildman–Crippen LogP) is 7.12. The molecule has 5 aromatic rings. The van der Waals surface area contributed by atoms with E-state index in [1.807, 2.05) is 66.7 Å². The quantitative estimate of drug-likeness (QED) is 0.222. The Morgan fingerprint density at radius 2 is 1.80 bits per heavy atom. The van der Waals surface area contributed by atoms with Gasteiger partial charge in [0.25, 0.3) is 5.91 Å². The Morgan fingerprint density at radius 3 is 2.57 bits per heavy atom. The number of nitrogens with one attached hydrogen (secondary N) is 2. The minimum atomic E-state index is -0.452.